The lowest BCUT2D eigenvalue weighted by atomic mass is 10.0. The minimum absolute atomic E-state index is 0. The molecule has 2 aromatic heterocycles. The quantitative estimate of drug-likeness (QED) is 0.494. The van der Waals surface area contributed by atoms with E-state index in [0.717, 1.165) is 35.5 Å². The van der Waals surface area contributed by atoms with Crippen LogP contribution in [-0.2, 0) is 18.3 Å². The first-order valence-electron chi connectivity index (χ1n) is 11.1. The molecule has 0 spiro atoms. The van der Waals surface area contributed by atoms with Crippen molar-refractivity contribution in [3.8, 4) is 11.5 Å². The van der Waals surface area contributed by atoms with Gasteiger partial charge in [-0.1, -0.05) is 18.2 Å². The van der Waals surface area contributed by atoms with Gasteiger partial charge < -0.3 is 24.5 Å². The molecule has 1 aliphatic rings. The maximum Gasteiger partial charge on any atom is 0.254 e. The van der Waals surface area contributed by atoms with Crippen molar-refractivity contribution in [3.05, 3.63) is 54.1 Å². The molecule has 7 nitrogen and oxygen atoms in total. The Morgan fingerprint density at radius 2 is 1.94 bits per heavy atom. The Morgan fingerprint density at radius 3 is 2.70 bits per heavy atom. The van der Waals surface area contributed by atoms with Crippen LogP contribution in [0.1, 0.15) is 23.7 Å². The van der Waals surface area contributed by atoms with Gasteiger partial charge in [-0.05, 0) is 43.7 Å². The molecule has 1 saturated heterocycles. The molecular weight excluding hydrogens is 438 g/mol. The third-order valence-electron chi connectivity index (χ3n) is 6.55. The first-order chi connectivity index (χ1) is 15.5. The maximum atomic E-state index is 13.2. The van der Waals surface area contributed by atoms with Crippen molar-refractivity contribution in [2.24, 2.45) is 12.8 Å². The van der Waals surface area contributed by atoms with Gasteiger partial charge in [0.05, 0.1) is 22.8 Å². The number of hydrogen-bond donors (Lipinski definition) is 1. The molecule has 0 unspecified atom stereocenters. The number of amides is 1. The molecule has 4 aromatic rings. The van der Waals surface area contributed by atoms with Gasteiger partial charge in [0.1, 0.15) is 0 Å². The van der Waals surface area contributed by atoms with Gasteiger partial charge in [0.15, 0.2) is 5.82 Å². The molecule has 1 amide bonds. The Balaban J connectivity index is 0.00000259. The van der Waals surface area contributed by atoms with Gasteiger partial charge >= 0.3 is 0 Å². The van der Waals surface area contributed by atoms with Crippen molar-refractivity contribution >= 4 is 40.3 Å². The zero-order valence-electron chi connectivity index (χ0n) is 19.2. The van der Waals surface area contributed by atoms with Crippen LogP contribution in [0.15, 0.2) is 48.5 Å². The first-order valence-corrected chi connectivity index (χ1v) is 11.1. The molecule has 5 rings (SSSR count). The number of aryl methyl sites for hydroxylation is 2. The number of benzene rings is 2. The molecule has 174 valence electrons. The van der Waals surface area contributed by atoms with Crippen molar-refractivity contribution in [3.63, 3.8) is 0 Å². The number of hydrogen-bond acceptors (Lipinski definition) is 4. The number of imidazole rings is 1. The molecule has 2 aromatic carbocycles. The summed E-state index contributed by atoms with van der Waals surface area (Å²) in [4.78, 5) is 19.9. The van der Waals surface area contributed by atoms with Crippen LogP contribution in [0.2, 0.25) is 0 Å². The summed E-state index contributed by atoms with van der Waals surface area (Å²) in [5.74, 6) is 0.862. The molecule has 1 aliphatic heterocycles. The van der Waals surface area contributed by atoms with Gasteiger partial charge in [0, 0.05) is 56.3 Å². The highest BCUT2D eigenvalue weighted by Crippen LogP contribution is 2.30. The number of methoxy groups -OCH3 is 1. The van der Waals surface area contributed by atoms with Gasteiger partial charge in [0.2, 0.25) is 0 Å². The van der Waals surface area contributed by atoms with Crippen LogP contribution in [0, 0.1) is 0 Å². The topological polar surface area (TPSA) is 78.3 Å². The number of carbonyl (C=O) groups excluding carboxylic acids is 1. The highest BCUT2D eigenvalue weighted by atomic mass is 35.5. The van der Waals surface area contributed by atoms with E-state index in [9.17, 15) is 4.79 Å². The highest BCUT2D eigenvalue weighted by Gasteiger charge is 2.29. The maximum absolute atomic E-state index is 13.2. The predicted octanol–water partition coefficient (Wildman–Crippen LogP) is 3.82. The fourth-order valence-corrected chi connectivity index (χ4v) is 4.91. The number of piperidine rings is 1. The smallest absolute Gasteiger partial charge is 0.254 e. The Kier molecular flexibility index (Phi) is 6.47. The molecule has 2 N–H and O–H groups in total. The lowest BCUT2D eigenvalue weighted by Gasteiger charge is -2.35. The Hall–Kier alpha value is -2.87. The van der Waals surface area contributed by atoms with Crippen molar-refractivity contribution in [2.45, 2.75) is 32.0 Å². The van der Waals surface area contributed by atoms with Crippen LogP contribution in [-0.4, -0.2) is 57.3 Å². The van der Waals surface area contributed by atoms with E-state index in [-0.39, 0.29) is 30.5 Å². The summed E-state index contributed by atoms with van der Waals surface area (Å²) in [5, 5.41) is 1.20. The summed E-state index contributed by atoms with van der Waals surface area (Å²) in [7, 11) is 3.69. The summed E-state index contributed by atoms with van der Waals surface area (Å²) in [6.07, 6.45) is 0.748. The highest BCUT2D eigenvalue weighted by molar-refractivity contribution is 5.98. The number of likely N-dealkylation sites (tertiary alicyclic amines) is 1. The van der Waals surface area contributed by atoms with E-state index >= 15 is 0 Å². The van der Waals surface area contributed by atoms with Crippen LogP contribution in [0.3, 0.4) is 0 Å². The fraction of sp³-hybridized carbons (Fsp3) is 0.360. The molecule has 33 heavy (non-hydrogen) atoms. The van der Waals surface area contributed by atoms with E-state index in [1.54, 1.807) is 12.0 Å². The van der Waals surface area contributed by atoms with Crippen LogP contribution < -0.4 is 5.73 Å². The SMILES string of the molecule is CCn1c(-c2nc3cc(C(=O)N4C[C@@H](N)C[C@H](OC)C4)ccc3n2C)cc2ccccc21.Cl. The third-order valence-corrected chi connectivity index (χ3v) is 6.55. The molecule has 0 saturated carbocycles. The second kappa shape index (κ2) is 9.17. The number of halogens is 1. The number of carbonyl (C=O) groups is 1. The minimum atomic E-state index is -0.0706. The Morgan fingerprint density at radius 1 is 1.15 bits per heavy atom. The van der Waals surface area contributed by atoms with E-state index in [1.807, 2.05) is 25.2 Å². The van der Waals surface area contributed by atoms with E-state index < -0.39 is 0 Å². The lowest BCUT2D eigenvalue weighted by molar-refractivity contribution is 0.0211. The van der Waals surface area contributed by atoms with E-state index in [0.29, 0.717) is 18.7 Å². The summed E-state index contributed by atoms with van der Waals surface area (Å²) < 4.78 is 9.85. The Labute approximate surface area is 199 Å². The minimum Gasteiger partial charge on any atom is -0.380 e. The van der Waals surface area contributed by atoms with Gasteiger partial charge in [-0.2, -0.15) is 0 Å². The van der Waals surface area contributed by atoms with E-state index in [2.05, 4.69) is 46.4 Å². The second-order valence-corrected chi connectivity index (χ2v) is 8.59. The van der Waals surface area contributed by atoms with E-state index in [1.165, 1.54) is 10.9 Å². The van der Waals surface area contributed by atoms with Gasteiger partial charge in [-0.15, -0.1) is 12.4 Å². The van der Waals surface area contributed by atoms with Crippen molar-refractivity contribution < 1.29 is 9.53 Å². The van der Waals surface area contributed by atoms with Gasteiger partial charge in [-0.3, -0.25) is 4.79 Å². The number of nitrogens with two attached hydrogens (primary N) is 1. The van der Waals surface area contributed by atoms with Crippen molar-refractivity contribution in [1.29, 1.82) is 0 Å². The normalized spacial score (nSPS) is 18.6. The molecular formula is C25H30ClN5O2. The van der Waals surface area contributed by atoms with Crippen LogP contribution in [0.4, 0.5) is 0 Å². The van der Waals surface area contributed by atoms with E-state index in [4.69, 9.17) is 15.5 Å². The van der Waals surface area contributed by atoms with Crippen LogP contribution in [0.25, 0.3) is 33.5 Å². The number of ether oxygens (including phenoxy) is 1. The number of fused-ring (bicyclic) bond motifs is 2. The number of rotatable bonds is 4. The zero-order valence-corrected chi connectivity index (χ0v) is 20.0. The van der Waals surface area contributed by atoms with Crippen molar-refractivity contribution in [1.82, 2.24) is 19.0 Å². The monoisotopic (exact) mass is 467 g/mol. The summed E-state index contributed by atoms with van der Waals surface area (Å²) in [6, 6.07) is 16.3. The summed E-state index contributed by atoms with van der Waals surface area (Å²) >= 11 is 0. The van der Waals surface area contributed by atoms with Crippen LogP contribution >= 0.6 is 12.4 Å². The fourth-order valence-electron chi connectivity index (χ4n) is 4.91. The Bertz CT molecular complexity index is 1310. The number of nitrogens with zero attached hydrogens (tertiary/aromatic N) is 4. The molecule has 0 radical (unpaired) electrons. The number of para-hydroxylation sites is 1. The lowest BCUT2D eigenvalue weighted by Crippen LogP contribution is -2.51. The van der Waals surface area contributed by atoms with Crippen LogP contribution in [0.5, 0.6) is 0 Å². The average Bonchev–Trinajstić information content (AvgIpc) is 3.34. The number of aromatic nitrogens is 3. The second-order valence-electron chi connectivity index (χ2n) is 8.59. The molecule has 3 heterocycles. The first kappa shape index (κ1) is 23.3. The predicted molar refractivity (Wildman–Crippen MR) is 134 cm³/mol. The van der Waals surface area contributed by atoms with Gasteiger partial charge in [-0.25, -0.2) is 4.98 Å². The third kappa shape index (κ3) is 4.01. The molecule has 1 fully saturated rings. The van der Waals surface area contributed by atoms with Gasteiger partial charge in [0.25, 0.3) is 5.91 Å². The summed E-state index contributed by atoms with van der Waals surface area (Å²) in [5.41, 5.74) is 10.9. The summed E-state index contributed by atoms with van der Waals surface area (Å²) in [6.45, 7) is 4.10. The van der Waals surface area contributed by atoms with Crippen molar-refractivity contribution in [2.75, 3.05) is 20.2 Å². The standard InChI is InChI=1S/C25H29N5O2.ClH/c1-4-30-21-8-6-5-7-16(21)12-23(30)24-27-20-11-17(9-10-22(20)28(24)2)25(31)29-14-18(26)13-19(15-29)32-3;/h5-12,18-19H,4,13-15,26H2,1-3H3;1H/t18-,19-;/m0./s1. The zero-order chi connectivity index (χ0) is 22.4. The average molecular weight is 468 g/mol. The molecule has 0 aliphatic carbocycles. The molecule has 0 bridgehead atoms. The molecule has 2 atom stereocenters. The molecule has 8 heteroatoms. The largest absolute Gasteiger partial charge is 0.380 e.